The minimum atomic E-state index is -2.43. The van der Waals surface area contributed by atoms with Crippen LogP contribution in [-0.4, -0.2) is 15.4 Å². The maximum absolute atomic E-state index is 6.22. The van der Waals surface area contributed by atoms with Gasteiger partial charge in [-0.25, -0.2) is 0 Å². The van der Waals surface area contributed by atoms with Gasteiger partial charge in [0.1, 0.15) is 17.2 Å². The van der Waals surface area contributed by atoms with E-state index < -0.39 is 15.4 Å². The number of rotatable bonds is 2. The van der Waals surface area contributed by atoms with E-state index in [2.05, 4.69) is 50.2 Å². The molecule has 134 valence electrons. The zero-order valence-electron chi connectivity index (χ0n) is 15.5. The molecule has 27 heavy (non-hydrogen) atoms. The highest BCUT2D eigenvalue weighted by molar-refractivity contribution is 7.13. The molecular weight excluding hydrogens is 351 g/mol. The van der Waals surface area contributed by atoms with E-state index in [1.54, 1.807) is 0 Å². The van der Waals surface area contributed by atoms with Gasteiger partial charge < -0.3 is 14.0 Å². The van der Waals surface area contributed by atoms with Crippen LogP contribution in [0.5, 0.6) is 17.2 Å². The molecule has 0 fully saturated rings. The second kappa shape index (κ2) is 6.20. The van der Waals surface area contributed by atoms with E-state index in [1.807, 2.05) is 36.4 Å². The molecule has 0 saturated heterocycles. The molecule has 0 N–H and O–H groups in total. The molecule has 3 nitrogen and oxygen atoms in total. The SMILES string of the molecule is CC(C)C[Si]12c3ccccc3OB(Oc3ccccc31)Oc1ccccc12. The third-order valence-electron chi connectivity index (χ3n) is 5.42. The van der Waals surface area contributed by atoms with E-state index in [9.17, 15) is 0 Å². The Kier molecular flexibility index (Phi) is 3.79. The summed E-state index contributed by atoms with van der Waals surface area (Å²) in [6.45, 7) is 4.58. The first-order valence-corrected chi connectivity index (χ1v) is 11.7. The molecule has 0 aliphatic carbocycles. The second-order valence-corrected chi connectivity index (χ2v) is 11.5. The molecule has 0 atom stereocenters. The standard InChI is InChI=1S/C22H21BO3Si/c1-16(2)15-27-20-12-6-3-9-17(20)24-23(25-18-10-4-7-13-21(18)27)26-19-11-5-8-14-22(19)27/h3-14,16H,15H2,1-2H3. The Morgan fingerprint density at radius 2 is 1.04 bits per heavy atom. The van der Waals surface area contributed by atoms with Crippen LogP contribution in [-0.2, 0) is 0 Å². The van der Waals surface area contributed by atoms with Crippen LogP contribution >= 0.6 is 0 Å². The summed E-state index contributed by atoms with van der Waals surface area (Å²) in [5, 5.41) is 3.90. The Bertz CT molecular complexity index is 884. The predicted molar refractivity (Wildman–Crippen MR) is 111 cm³/mol. The molecule has 3 aliphatic rings. The fraction of sp³-hybridized carbons (Fsp3) is 0.182. The van der Waals surface area contributed by atoms with Crippen LogP contribution in [0.3, 0.4) is 0 Å². The quantitative estimate of drug-likeness (QED) is 0.648. The molecule has 6 rings (SSSR count). The Morgan fingerprint density at radius 1 is 0.667 bits per heavy atom. The zero-order valence-corrected chi connectivity index (χ0v) is 16.5. The van der Waals surface area contributed by atoms with Crippen molar-refractivity contribution in [2.24, 2.45) is 5.92 Å². The highest BCUT2D eigenvalue weighted by atomic mass is 28.3. The number of hydrogen-bond donors (Lipinski definition) is 0. The predicted octanol–water partition coefficient (Wildman–Crippen LogP) is 2.96. The van der Waals surface area contributed by atoms with E-state index in [0.717, 1.165) is 23.3 Å². The van der Waals surface area contributed by atoms with Crippen molar-refractivity contribution >= 4 is 31.0 Å². The summed E-state index contributed by atoms with van der Waals surface area (Å²) in [4.78, 5) is 0. The molecule has 0 unspecified atom stereocenters. The van der Waals surface area contributed by atoms with Crippen molar-refractivity contribution in [2.45, 2.75) is 19.9 Å². The maximum atomic E-state index is 6.22. The number of para-hydroxylation sites is 3. The van der Waals surface area contributed by atoms with Gasteiger partial charge in [-0.3, -0.25) is 0 Å². The van der Waals surface area contributed by atoms with Crippen LogP contribution in [0.1, 0.15) is 13.8 Å². The molecular formula is C22H21BO3Si. The molecule has 3 aromatic rings. The lowest BCUT2D eigenvalue weighted by Crippen LogP contribution is -2.71. The van der Waals surface area contributed by atoms with Gasteiger partial charge in [0.2, 0.25) is 0 Å². The third kappa shape index (κ3) is 2.49. The van der Waals surface area contributed by atoms with Gasteiger partial charge in [0, 0.05) is 0 Å². The van der Waals surface area contributed by atoms with Crippen LogP contribution in [0.25, 0.3) is 0 Å². The minimum Gasteiger partial charge on any atom is -0.490 e. The van der Waals surface area contributed by atoms with Crippen LogP contribution in [0.2, 0.25) is 6.04 Å². The lowest BCUT2D eigenvalue weighted by Gasteiger charge is -2.41. The molecule has 0 radical (unpaired) electrons. The molecule has 2 bridgehead atoms. The van der Waals surface area contributed by atoms with Gasteiger partial charge in [0.25, 0.3) is 0 Å². The van der Waals surface area contributed by atoms with Crippen LogP contribution in [0.4, 0.5) is 0 Å². The van der Waals surface area contributed by atoms with Gasteiger partial charge >= 0.3 is 7.32 Å². The van der Waals surface area contributed by atoms with Crippen molar-refractivity contribution < 1.29 is 14.0 Å². The maximum Gasteiger partial charge on any atom is 0.864 e. The van der Waals surface area contributed by atoms with Gasteiger partial charge in [0.05, 0.1) is 0 Å². The van der Waals surface area contributed by atoms with Crippen molar-refractivity contribution in [1.29, 1.82) is 0 Å². The molecule has 3 aromatic carbocycles. The van der Waals surface area contributed by atoms with E-state index in [4.69, 9.17) is 14.0 Å². The summed E-state index contributed by atoms with van der Waals surface area (Å²) >= 11 is 0. The molecule has 3 heterocycles. The summed E-state index contributed by atoms with van der Waals surface area (Å²) in [5.41, 5.74) is 0. The molecule has 0 saturated carbocycles. The van der Waals surface area contributed by atoms with Gasteiger partial charge in [0.15, 0.2) is 8.07 Å². The van der Waals surface area contributed by atoms with Crippen LogP contribution in [0, 0.1) is 5.92 Å². The van der Waals surface area contributed by atoms with Crippen LogP contribution in [0.15, 0.2) is 72.8 Å². The topological polar surface area (TPSA) is 27.7 Å². The Hall–Kier alpha value is -2.66. The highest BCUT2D eigenvalue weighted by Crippen LogP contribution is 2.32. The van der Waals surface area contributed by atoms with E-state index >= 15 is 0 Å². The molecule has 0 spiro atoms. The fourth-order valence-electron chi connectivity index (χ4n) is 4.53. The van der Waals surface area contributed by atoms with Gasteiger partial charge in [-0.2, -0.15) is 0 Å². The third-order valence-corrected chi connectivity index (χ3v) is 10.9. The highest BCUT2D eigenvalue weighted by Gasteiger charge is 2.51. The lowest BCUT2D eigenvalue weighted by molar-refractivity contribution is 0.308. The average Bonchev–Trinajstić information content (AvgIpc) is 2.65. The van der Waals surface area contributed by atoms with Crippen molar-refractivity contribution in [3.05, 3.63) is 72.8 Å². The van der Waals surface area contributed by atoms with E-state index in [-0.39, 0.29) is 0 Å². The average molecular weight is 372 g/mol. The van der Waals surface area contributed by atoms with Gasteiger partial charge in [-0.1, -0.05) is 68.4 Å². The molecule has 0 amide bonds. The Balaban J connectivity index is 1.96. The first kappa shape index (κ1) is 16.5. The lowest BCUT2D eigenvalue weighted by atomic mass is 10.1. The number of hydrogen-bond acceptors (Lipinski definition) is 3. The van der Waals surface area contributed by atoms with E-state index in [1.165, 1.54) is 15.6 Å². The van der Waals surface area contributed by atoms with Gasteiger partial charge in [-0.15, -0.1) is 0 Å². The summed E-state index contributed by atoms with van der Waals surface area (Å²) < 4.78 is 18.7. The van der Waals surface area contributed by atoms with Gasteiger partial charge in [-0.05, 0) is 45.7 Å². The molecule has 0 aromatic heterocycles. The zero-order chi connectivity index (χ0) is 18.4. The Labute approximate surface area is 161 Å². The summed E-state index contributed by atoms with van der Waals surface area (Å²) in [6.07, 6.45) is 0. The van der Waals surface area contributed by atoms with Crippen molar-refractivity contribution in [3.63, 3.8) is 0 Å². The second-order valence-electron chi connectivity index (χ2n) is 7.63. The van der Waals surface area contributed by atoms with Crippen LogP contribution < -0.4 is 29.5 Å². The van der Waals surface area contributed by atoms with Crippen molar-refractivity contribution in [2.75, 3.05) is 0 Å². The smallest absolute Gasteiger partial charge is 0.490 e. The Morgan fingerprint density at radius 3 is 1.41 bits per heavy atom. The largest absolute Gasteiger partial charge is 0.864 e. The summed E-state index contributed by atoms with van der Waals surface area (Å²) in [5.74, 6) is 3.14. The molecule has 3 aliphatic heterocycles. The summed E-state index contributed by atoms with van der Waals surface area (Å²) in [7, 11) is -3.23. The molecule has 5 heteroatoms. The van der Waals surface area contributed by atoms with Crippen molar-refractivity contribution in [3.8, 4) is 17.2 Å². The first-order chi connectivity index (χ1) is 13.2. The fourth-order valence-corrected chi connectivity index (χ4v) is 10.1. The minimum absolute atomic E-state index is 0.514. The summed E-state index contributed by atoms with van der Waals surface area (Å²) in [6, 6.07) is 26.3. The van der Waals surface area contributed by atoms with E-state index in [0.29, 0.717) is 5.92 Å². The first-order valence-electron chi connectivity index (χ1n) is 9.47. The van der Waals surface area contributed by atoms with Crippen molar-refractivity contribution in [1.82, 2.24) is 0 Å². The normalized spacial score (nSPS) is 15.9. The number of benzene rings is 3. The monoisotopic (exact) mass is 372 g/mol.